The molecule has 0 spiro atoms. The van der Waals surface area contributed by atoms with Gasteiger partial charge in [-0.05, 0) is 48.5 Å². The number of sulfone groups is 1. The van der Waals surface area contributed by atoms with E-state index in [4.69, 9.17) is 11.1 Å². The van der Waals surface area contributed by atoms with Gasteiger partial charge in [0.05, 0.1) is 16.6 Å². The Morgan fingerprint density at radius 1 is 1.07 bits per heavy atom. The molecule has 2 aromatic rings. The average Bonchev–Trinajstić information content (AvgIpc) is 2.66. The molecule has 0 aromatic heterocycles. The van der Waals surface area contributed by atoms with E-state index in [1.165, 1.54) is 0 Å². The van der Waals surface area contributed by atoms with Crippen LogP contribution >= 0.6 is 0 Å². The van der Waals surface area contributed by atoms with Crippen LogP contribution in [0.3, 0.4) is 0 Å². The molecule has 0 radical (unpaired) electrons. The predicted molar refractivity (Wildman–Crippen MR) is 103 cm³/mol. The Bertz CT molecular complexity index is 930. The highest BCUT2D eigenvalue weighted by Crippen LogP contribution is 2.29. The lowest BCUT2D eigenvalue weighted by atomic mass is 10.2. The van der Waals surface area contributed by atoms with Crippen LogP contribution in [0.2, 0.25) is 0 Å². The number of amidine groups is 1. The molecule has 1 unspecified atom stereocenters. The van der Waals surface area contributed by atoms with E-state index in [0.717, 1.165) is 12.1 Å². The van der Waals surface area contributed by atoms with Crippen LogP contribution in [0, 0.1) is 5.41 Å². The third-order valence-corrected chi connectivity index (χ3v) is 5.53. The molecule has 0 saturated heterocycles. The first-order valence-electron chi connectivity index (χ1n) is 8.46. The normalized spacial score (nSPS) is 13.1. The molecule has 0 aliphatic heterocycles. The van der Waals surface area contributed by atoms with Gasteiger partial charge in [0.15, 0.2) is 9.84 Å². The van der Waals surface area contributed by atoms with Crippen molar-refractivity contribution < 1.29 is 26.7 Å². The first-order valence-corrected chi connectivity index (χ1v) is 10.1. The molecule has 7 nitrogen and oxygen atoms in total. The van der Waals surface area contributed by atoms with E-state index in [-0.39, 0.29) is 23.8 Å². The SMILES string of the molecule is N=C(N)c1ccc(NCC(O)CNCS(=O)(=O)c2ccc(C(F)(F)F)cc2)cc1. The summed E-state index contributed by atoms with van der Waals surface area (Å²) in [6.45, 7) is 0.0884. The molecule has 0 saturated carbocycles. The fourth-order valence-electron chi connectivity index (χ4n) is 2.37. The summed E-state index contributed by atoms with van der Waals surface area (Å²) in [5, 5.41) is 22.8. The molecular formula is C18H21F3N4O3S. The van der Waals surface area contributed by atoms with Gasteiger partial charge >= 0.3 is 6.18 Å². The highest BCUT2D eigenvalue weighted by atomic mass is 32.2. The number of benzene rings is 2. The number of aliphatic hydroxyl groups excluding tert-OH is 1. The molecule has 11 heteroatoms. The minimum Gasteiger partial charge on any atom is -0.390 e. The van der Waals surface area contributed by atoms with Crippen LogP contribution in [-0.2, 0) is 16.0 Å². The summed E-state index contributed by atoms with van der Waals surface area (Å²) < 4.78 is 62.0. The lowest BCUT2D eigenvalue weighted by Crippen LogP contribution is -2.35. The summed E-state index contributed by atoms with van der Waals surface area (Å²) in [5.41, 5.74) is 5.68. The number of halogens is 3. The van der Waals surface area contributed by atoms with Crippen molar-refractivity contribution in [1.29, 1.82) is 5.41 Å². The minimum absolute atomic E-state index is 0.0433. The van der Waals surface area contributed by atoms with Crippen LogP contribution in [0.25, 0.3) is 0 Å². The molecule has 0 heterocycles. The maximum Gasteiger partial charge on any atom is 0.416 e. The molecule has 0 aliphatic rings. The Labute approximate surface area is 166 Å². The molecule has 0 fully saturated rings. The van der Waals surface area contributed by atoms with Crippen molar-refractivity contribution in [3.63, 3.8) is 0 Å². The Kier molecular flexibility index (Phi) is 7.22. The van der Waals surface area contributed by atoms with Crippen molar-refractivity contribution >= 4 is 21.4 Å². The second-order valence-electron chi connectivity index (χ2n) is 6.26. The van der Waals surface area contributed by atoms with Crippen LogP contribution in [0.4, 0.5) is 18.9 Å². The van der Waals surface area contributed by atoms with Gasteiger partial charge < -0.3 is 21.5 Å². The third-order valence-electron chi connectivity index (χ3n) is 3.95. The molecule has 29 heavy (non-hydrogen) atoms. The van der Waals surface area contributed by atoms with Gasteiger partial charge in [-0.1, -0.05) is 0 Å². The Hall–Kier alpha value is -2.63. The molecule has 158 valence electrons. The van der Waals surface area contributed by atoms with E-state index in [1.54, 1.807) is 24.3 Å². The third kappa shape index (κ3) is 6.73. The second-order valence-corrected chi connectivity index (χ2v) is 8.25. The summed E-state index contributed by atoms with van der Waals surface area (Å²) in [4.78, 5) is -0.240. The number of aliphatic hydroxyl groups is 1. The maximum atomic E-state index is 12.5. The Morgan fingerprint density at radius 2 is 1.66 bits per heavy atom. The van der Waals surface area contributed by atoms with Crippen molar-refractivity contribution in [1.82, 2.24) is 5.32 Å². The summed E-state index contributed by atoms with van der Waals surface area (Å²) in [6.07, 6.45) is -5.45. The topological polar surface area (TPSA) is 128 Å². The van der Waals surface area contributed by atoms with Gasteiger partial charge in [-0.15, -0.1) is 0 Å². The fourth-order valence-corrected chi connectivity index (χ4v) is 3.47. The number of nitrogen functional groups attached to an aromatic ring is 1. The van der Waals surface area contributed by atoms with Crippen molar-refractivity contribution in [2.45, 2.75) is 17.2 Å². The lowest BCUT2D eigenvalue weighted by molar-refractivity contribution is -0.137. The zero-order chi connectivity index (χ0) is 21.7. The van der Waals surface area contributed by atoms with Crippen molar-refractivity contribution in [2.75, 3.05) is 24.3 Å². The van der Waals surface area contributed by atoms with Gasteiger partial charge in [-0.3, -0.25) is 5.41 Å². The number of nitrogens with two attached hydrogens (primary N) is 1. The van der Waals surface area contributed by atoms with E-state index in [1.807, 2.05) is 0 Å². The van der Waals surface area contributed by atoms with Gasteiger partial charge in [0.2, 0.25) is 0 Å². The Balaban J connectivity index is 1.81. The highest BCUT2D eigenvalue weighted by Gasteiger charge is 2.30. The number of hydrogen-bond acceptors (Lipinski definition) is 6. The quantitative estimate of drug-likeness (QED) is 0.305. The van der Waals surface area contributed by atoms with Crippen molar-refractivity contribution in [2.24, 2.45) is 5.73 Å². The summed E-state index contributed by atoms with van der Waals surface area (Å²) in [7, 11) is -3.84. The predicted octanol–water partition coefficient (Wildman–Crippen LogP) is 1.78. The van der Waals surface area contributed by atoms with Crippen LogP contribution in [-0.4, -0.2) is 44.4 Å². The van der Waals surface area contributed by atoms with Crippen LogP contribution in [0.15, 0.2) is 53.4 Å². The lowest BCUT2D eigenvalue weighted by Gasteiger charge is -2.14. The van der Waals surface area contributed by atoms with Crippen LogP contribution in [0.1, 0.15) is 11.1 Å². The number of hydrogen-bond donors (Lipinski definition) is 5. The van der Waals surface area contributed by atoms with E-state index >= 15 is 0 Å². The molecular weight excluding hydrogens is 409 g/mol. The molecule has 0 bridgehead atoms. The summed E-state index contributed by atoms with van der Waals surface area (Å²) >= 11 is 0. The number of nitrogens with one attached hydrogen (secondary N) is 3. The summed E-state index contributed by atoms with van der Waals surface area (Å²) in [5.74, 6) is -0.585. The fraction of sp³-hybridized carbons (Fsp3) is 0.278. The van der Waals surface area contributed by atoms with Gasteiger partial charge in [-0.2, -0.15) is 13.2 Å². The first kappa shape index (κ1) is 22.7. The monoisotopic (exact) mass is 430 g/mol. The zero-order valence-corrected chi connectivity index (χ0v) is 16.0. The van der Waals surface area contributed by atoms with Crippen LogP contribution in [0.5, 0.6) is 0 Å². The van der Waals surface area contributed by atoms with Crippen molar-refractivity contribution in [3.05, 3.63) is 59.7 Å². The highest BCUT2D eigenvalue weighted by molar-refractivity contribution is 7.91. The standard InChI is InChI=1S/C18H21F3N4O3S/c19-18(20,21)13-3-7-16(8-4-13)29(27,28)11-24-9-15(26)10-25-14-5-1-12(2-6-14)17(22)23/h1-8,15,24-26H,9-11H2,(H3,22,23). The van der Waals surface area contributed by atoms with E-state index in [9.17, 15) is 26.7 Å². The largest absolute Gasteiger partial charge is 0.416 e. The molecule has 6 N–H and O–H groups in total. The van der Waals surface area contributed by atoms with Gasteiger partial charge in [0.1, 0.15) is 11.7 Å². The second kappa shape index (κ2) is 9.25. The molecule has 1 atom stereocenters. The molecule has 0 aliphatic carbocycles. The Morgan fingerprint density at radius 3 is 2.17 bits per heavy atom. The van der Waals surface area contributed by atoms with E-state index in [2.05, 4.69) is 10.6 Å². The van der Waals surface area contributed by atoms with E-state index < -0.39 is 33.6 Å². The zero-order valence-electron chi connectivity index (χ0n) is 15.2. The minimum atomic E-state index is -4.54. The number of alkyl halides is 3. The maximum absolute atomic E-state index is 12.5. The molecule has 2 aromatic carbocycles. The summed E-state index contributed by atoms with van der Waals surface area (Å²) in [6, 6.07) is 9.90. The number of rotatable bonds is 9. The smallest absolute Gasteiger partial charge is 0.390 e. The van der Waals surface area contributed by atoms with Gasteiger partial charge in [0.25, 0.3) is 0 Å². The molecule has 2 rings (SSSR count). The van der Waals surface area contributed by atoms with Gasteiger partial charge in [-0.25, -0.2) is 8.42 Å². The average molecular weight is 430 g/mol. The van der Waals surface area contributed by atoms with Crippen LogP contribution < -0.4 is 16.4 Å². The molecule has 0 amide bonds. The first-order chi connectivity index (χ1) is 13.5. The van der Waals surface area contributed by atoms with Gasteiger partial charge in [0, 0.05) is 24.3 Å². The van der Waals surface area contributed by atoms with E-state index in [0.29, 0.717) is 23.4 Å². The van der Waals surface area contributed by atoms with Crippen molar-refractivity contribution in [3.8, 4) is 0 Å². The number of anilines is 1.